The second-order valence-electron chi connectivity index (χ2n) is 3.95. The van der Waals surface area contributed by atoms with Gasteiger partial charge in [-0.05, 0) is 31.8 Å². The molecule has 1 amide bonds. The molecule has 0 aromatic rings. The van der Waals surface area contributed by atoms with Crippen molar-refractivity contribution < 1.29 is 9.90 Å². The molecule has 1 rings (SSSR count). The summed E-state index contributed by atoms with van der Waals surface area (Å²) in [5.41, 5.74) is 5.03. The van der Waals surface area contributed by atoms with Crippen LogP contribution in [0.5, 0.6) is 0 Å². The normalized spacial score (nSPS) is 18.4. The maximum absolute atomic E-state index is 11.0. The monoisotopic (exact) mass is 207 g/mol. The smallest absolute Gasteiger partial charge is 0.223 e. The van der Waals surface area contributed by atoms with Crippen LogP contribution in [0.4, 0.5) is 0 Å². The molecular weight excluding hydrogens is 190 g/mol. The average Bonchev–Trinajstić information content (AvgIpc) is 2.91. The number of allylic oxidation sites excluding steroid dienone is 4. The molecule has 0 heterocycles. The first-order valence-corrected chi connectivity index (χ1v) is 5.06. The lowest BCUT2D eigenvalue weighted by Gasteiger charge is -2.05. The fraction of sp³-hybridized carbons (Fsp3) is 0.417. The van der Waals surface area contributed by atoms with Crippen molar-refractivity contribution in [2.24, 2.45) is 11.1 Å². The molecule has 0 bridgehead atoms. The van der Waals surface area contributed by atoms with Crippen LogP contribution >= 0.6 is 0 Å². The first-order valence-electron chi connectivity index (χ1n) is 5.06. The molecule has 0 aromatic carbocycles. The van der Waals surface area contributed by atoms with Gasteiger partial charge in [0, 0.05) is 0 Å². The molecule has 0 spiro atoms. The Labute approximate surface area is 90.0 Å². The van der Waals surface area contributed by atoms with E-state index in [9.17, 15) is 4.79 Å². The van der Waals surface area contributed by atoms with E-state index in [1.54, 1.807) is 6.08 Å². The molecule has 1 aliphatic rings. The largest absolute Gasteiger partial charge is 0.509 e. The van der Waals surface area contributed by atoms with Crippen molar-refractivity contribution >= 4 is 5.91 Å². The van der Waals surface area contributed by atoms with Crippen molar-refractivity contribution in [2.75, 3.05) is 0 Å². The van der Waals surface area contributed by atoms with Crippen LogP contribution in [0.25, 0.3) is 0 Å². The van der Waals surface area contributed by atoms with Gasteiger partial charge >= 0.3 is 0 Å². The van der Waals surface area contributed by atoms with Gasteiger partial charge < -0.3 is 10.8 Å². The number of nitrogens with two attached hydrogens (primary N) is 1. The lowest BCUT2D eigenvalue weighted by atomic mass is 10.0. The van der Waals surface area contributed by atoms with Crippen molar-refractivity contribution in [1.82, 2.24) is 0 Å². The Morgan fingerprint density at radius 2 is 2.07 bits per heavy atom. The third kappa shape index (κ3) is 3.62. The molecule has 15 heavy (non-hydrogen) atoms. The molecule has 0 unspecified atom stereocenters. The van der Waals surface area contributed by atoms with Crippen LogP contribution in [0.2, 0.25) is 0 Å². The van der Waals surface area contributed by atoms with Crippen LogP contribution < -0.4 is 5.73 Å². The minimum Gasteiger partial charge on any atom is -0.509 e. The number of rotatable bonds is 6. The first kappa shape index (κ1) is 11.6. The Kier molecular flexibility index (Phi) is 3.72. The summed E-state index contributed by atoms with van der Waals surface area (Å²) in [5.74, 6) is -0.134. The highest BCUT2D eigenvalue weighted by Crippen LogP contribution is 2.48. The predicted molar refractivity (Wildman–Crippen MR) is 60.1 cm³/mol. The maximum Gasteiger partial charge on any atom is 0.223 e. The second-order valence-corrected chi connectivity index (χ2v) is 3.95. The Balaban J connectivity index is 2.23. The fourth-order valence-corrected chi connectivity index (χ4v) is 1.39. The van der Waals surface area contributed by atoms with Gasteiger partial charge in [0.05, 0.1) is 5.41 Å². The summed E-state index contributed by atoms with van der Waals surface area (Å²) in [7, 11) is 0. The van der Waals surface area contributed by atoms with Gasteiger partial charge in [0.2, 0.25) is 5.91 Å². The first-order chi connectivity index (χ1) is 7.07. The van der Waals surface area contributed by atoms with Crippen LogP contribution in [0.3, 0.4) is 0 Å². The molecule has 0 atom stereocenters. The van der Waals surface area contributed by atoms with E-state index in [2.05, 4.69) is 6.58 Å². The standard InChI is InChI=1S/C12H17NO2/c1-10(14)6-4-2-3-5-7-12(8-9-12)11(13)15/h3-6,14H,1-2,7-9H2,(H2,13,15)/b5-3+,6-4-. The number of primary amides is 1. The fourth-order valence-electron chi connectivity index (χ4n) is 1.39. The van der Waals surface area contributed by atoms with Crippen molar-refractivity contribution in [3.63, 3.8) is 0 Å². The molecule has 0 radical (unpaired) electrons. The zero-order chi connectivity index (χ0) is 11.3. The SMILES string of the molecule is C=C(O)/C=C\C/C=C/CC1(C(N)=O)CC1. The number of carbonyl (C=O) groups is 1. The Morgan fingerprint density at radius 1 is 1.40 bits per heavy atom. The molecule has 1 aliphatic carbocycles. The van der Waals surface area contributed by atoms with Crippen LogP contribution in [0, 0.1) is 5.41 Å². The van der Waals surface area contributed by atoms with Crippen molar-refractivity contribution in [3.8, 4) is 0 Å². The topological polar surface area (TPSA) is 63.3 Å². The van der Waals surface area contributed by atoms with E-state index in [4.69, 9.17) is 10.8 Å². The highest BCUT2D eigenvalue weighted by molar-refractivity contribution is 5.83. The van der Waals surface area contributed by atoms with E-state index in [1.807, 2.05) is 18.2 Å². The van der Waals surface area contributed by atoms with Gasteiger partial charge in [-0.2, -0.15) is 0 Å². The molecule has 0 saturated heterocycles. The van der Waals surface area contributed by atoms with Gasteiger partial charge in [0.25, 0.3) is 0 Å². The van der Waals surface area contributed by atoms with Crippen LogP contribution in [0.15, 0.2) is 36.6 Å². The zero-order valence-electron chi connectivity index (χ0n) is 8.78. The summed E-state index contributed by atoms with van der Waals surface area (Å²) in [5, 5.41) is 8.75. The molecule has 3 N–H and O–H groups in total. The van der Waals surface area contributed by atoms with Gasteiger partial charge in [-0.1, -0.05) is 24.8 Å². The summed E-state index contributed by atoms with van der Waals surface area (Å²) in [6, 6.07) is 0. The summed E-state index contributed by atoms with van der Waals surface area (Å²) >= 11 is 0. The number of aliphatic hydroxyl groups is 1. The van der Waals surface area contributed by atoms with Crippen LogP contribution in [-0.2, 0) is 4.79 Å². The van der Waals surface area contributed by atoms with Gasteiger partial charge in [-0.25, -0.2) is 0 Å². The number of hydrogen-bond donors (Lipinski definition) is 2. The number of hydrogen-bond acceptors (Lipinski definition) is 2. The minimum absolute atomic E-state index is 0.0548. The summed E-state index contributed by atoms with van der Waals surface area (Å²) in [6.07, 6.45) is 10.6. The molecule has 3 nitrogen and oxygen atoms in total. The van der Waals surface area contributed by atoms with E-state index in [-0.39, 0.29) is 17.1 Å². The van der Waals surface area contributed by atoms with Crippen molar-refractivity contribution in [3.05, 3.63) is 36.6 Å². The molecule has 1 fully saturated rings. The summed E-state index contributed by atoms with van der Waals surface area (Å²) < 4.78 is 0. The van der Waals surface area contributed by atoms with E-state index >= 15 is 0 Å². The lowest BCUT2D eigenvalue weighted by molar-refractivity contribution is -0.122. The van der Waals surface area contributed by atoms with E-state index < -0.39 is 0 Å². The van der Waals surface area contributed by atoms with Crippen molar-refractivity contribution in [1.29, 1.82) is 0 Å². The number of carbonyl (C=O) groups excluding carboxylic acids is 1. The van der Waals surface area contributed by atoms with Crippen LogP contribution in [-0.4, -0.2) is 11.0 Å². The lowest BCUT2D eigenvalue weighted by Crippen LogP contribution is -2.23. The molecule has 0 aliphatic heterocycles. The highest BCUT2D eigenvalue weighted by Gasteiger charge is 2.47. The summed E-state index contributed by atoms with van der Waals surface area (Å²) in [4.78, 5) is 11.0. The quantitative estimate of drug-likeness (QED) is 0.398. The van der Waals surface area contributed by atoms with Gasteiger partial charge in [0.15, 0.2) is 0 Å². The van der Waals surface area contributed by atoms with E-state index in [1.165, 1.54) is 0 Å². The number of aliphatic hydroxyl groups excluding tert-OH is 1. The highest BCUT2D eigenvalue weighted by atomic mass is 16.3. The average molecular weight is 207 g/mol. The van der Waals surface area contributed by atoms with Crippen LogP contribution in [0.1, 0.15) is 25.7 Å². The predicted octanol–water partition coefficient (Wildman–Crippen LogP) is 2.22. The van der Waals surface area contributed by atoms with Gasteiger partial charge in [0.1, 0.15) is 5.76 Å². The molecule has 1 saturated carbocycles. The molecule has 82 valence electrons. The number of amides is 1. The van der Waals surface area contributed by atoms with Crippen molar-refractivity contribution in [2.45, 2.75) is 25.7 Å². The molecular formula is C12H17NO2. The van der Waals surface area contributed by atoms with E-state index in [0.29, 0.717) is 0 Å². The third-order valence-electron chi connectivity index (χ3n) is 2.63. The Bertz CT molecular complexity index is 312. The maximum atomic E-state index is 11.0. The Hall–Kier alpha value is -1.51. The minimum atomic E-state index is -0.249. The second kappa shape index (κ2) is 4.82. The van der Waals surface area contributed by atoms with Gasteiger partial charge in [-0.3, -0.25) is 4.79 Å². The molecule has 3 heteroatoms. The zero-order valence-corrected chi connectivity index (χ0v) is 8.78. The van der Waals surface area contributed by atoms with E-state index in [0.717, 1.165) is 25.7 Å². The third-order valence-corrected chi connectivity index (χ3v) is 2.63. The molecule has 0 aromatic heterocycles. The van der Waals surface area contributed by atoms with Gasteiger partial charge in [-0.15, -0.1) is 0 Å². The summed E-state index contributed by atoms with van der Waals surface area (Å²) in [6.45, 7) is 3.33. The Morgan fingerprint density at radius 3 is 2.53 bits per heavy atom.